The standard InChI is InChI=1S/C8H18FNO2S/c1-7(2)10(8(3)4)5-6-13(9,11)12/h7-8H,5-6H2,1-4H3. The molecule has 0 atom stereocenters. The van der Waals surface area contributed by atoms with Gasteiger partial charge in [0.1, 0.15) is 0 Å². The van der Waals surface area contributed by atoms with Crippen molar-refractivity contribution in [3.05, 3.63) is 0 Å². The van der Waals surface area contributed by atoms with Crippen molar-refractivity contribution < 1.29 is 12.3 Å². The van der Waals surface area contributed by atoms with Crippen molar-refractivity contribution in [1.82, 2.24) is 4.90 Å². The fourth-order valence-corrected chi connectivity index (χ4v) is 1.76. The topological polar surface area (TPSA) is 37.4 Å². The first-order valence-corrected chi connectivity index (χ1v) is 5.97. The number of hydrogen-bond acceptors (Lipinski definition) is 3. The normalized spacial score (nSPS) is 13.2. The molecular weight excluding hydrogens is 193 g/mol. The molecule has 0 aromatic carbocycles. The Kier molecular flexibility index (Phi) is 4.85. The molecule has 0 amide bonds. The van der Waals surface area contributed by atoms with Gasteiger partial charge in [-0.2, -0.15) is 8.42 Å². The third-order valence-corrected chi connectivity index (χ3v) is 2.59. The molecule has 0 N–H and O–H groups in total. The second-order valence-corrected chi connectivity index (χ2v) is 5.15. The maximum Gasteiger partial charge on any atom is 0.303 e. The first-order valence-electron chi connectivity index (χ1n) is 4.42. The summed E-state index contributed by atoms with van der Waals surface area (Å²) in [5, 5.41) is 0. The molecule has 3 nitrogen and oxygen atoms in total. The van der Waals surface area contributed by atoms with Gasteiger partial charge in [-0.3, -0.25) is 4.90 Å². The van der Waals surface area contributed by atoms with Crippen LogP contribution < -0.4 is 0 Å². The molecule has 0 radical (unpaired) electrons. The molecule has 0 aromatic heterocycles. The quantitative estimate of drug-likeness (QED) is 0.645. The molecule has 0 aromatic rings. The Labute approximate surface area is 80.1 Å². The monoisotopic (exact) mass is 211 g/mol. The molecule has 0 saturated heterocycles. The summed E-state index contributed by atoms with van der Waals surface area (Å²) in [6.07, 6.45) is 0. The van der Waals surface area contributed by atoms with Crippen LogP contribution in [0.5, 0.6) is 0 Å². The lowest BCUT2D eigenvalue weighted by Gasteiger charge is -2.29. The van der Waals surface area contributed by atoms with E-state index in [0.717, 1.165) is 0 Å². The maximum atomic E-state index is 12.2. The lowest BCUT2D eigenvalue weighted by Crippen LogP contribution is -2.39. The van der Waals surface area contributed by atoms with Crippen LogP contribution >= 0.6 is 0 Å². The zero-order chi connectivity index (χ0) is 10.6. The Morgan fingerprint density at radius 1 is 1.15 bits per heavy atom. The van der Waals surface area contributed by atoms with Crippen LogP contribution in [0.3, 0.4) is 0 Å². The molecule has 13 heavy (non-hydrogen) atoms. The Morgan fingerprint density at radius 2 is 1.54 bits per heavy atom. The molecule has 0 rings (SSSR count). The highest BCUT2D eigenvalue weighted by molar-refractivity contribution is 7.86. The highest BCUT2D eigenvalue weighted by Gasteiger charge is 2.16. The zero-order valence-electron chi connectivity index (χ0n) is 8.62. The minimum atomic E-state index is -4.33. The van der Waals surface area contributed by atoms with E-state index in [-0.39, 0.29) is 18.6 Å². The largest absolute Gasteiger partial charge is 0.303 e. The van der Waals surface area contributed by atoms with Gasteiger partial charge in [0, 0.05) is 18.6 Å². The third kappa shape index (κ3) is 5.99. The Balaban J connectivity index is 4.13. The molecule has 5 heteroatoms. The molecule has 0 aliphatic heterocycles. The van der Waals surface area contributed by atoms with Crippen LogP contribution in [-0.4, -0.2) is 37.7 Å². The van der Waals surface area contributed by atoms with Crippen molar-refractivity contribution in [3.8, 4) is 0 Å². The summed E-state index contributed by atoms with van der Waals surface area (Å²) < 4.78 is 32.8. The highest BCUT2D eigenvalue weighted by atomic mass is 32.3. The summed E-state index contributed by atoms with van der Waals surface area (Å²) >= 11 is 0. The summed E-state index contributed by atoms with van der Waals surface area (Å²) in [4.78, 5) is 1.94. The Bertz CT molecular complexity index is 229. The van der Waals surface area contributed by atoms with Gasteiger partial charge in [-0.1, -0.05) is 0 Å². The first kappa shape index (κ1) is 12.8. The SMILES string of the molecule is CC(C)N(CCS(=O)(=O)F)C(C)C. The van der Waals surface area contributed by atoms with Gasteiger partial charge in [-0.05, 0) is 27.7 Å². The average molecular weight is 211 g/mol. The zero-order valence-corrected chi connectivity index (χ0v) is 9.44. The minimum Gasteiger partial charge on any atom is -0.297 e. The molecule has 0 fully saturated rings. The first-order chi connectivity index (χ1) is 5.74. The van der Waals surface area contributed by atoms with Gasteiger partial charge in [0.25, 0.3) is 0 Å². The van der Waals surface area contributed by atoms with Crippen molar-refractivity contribution in [3.63, 3.8) is 0 Å². The molecule has 0 aliphatic rings. The van der Waals surface area contributed by atoms with Crippen molar-refractivity contribution in [2.75, 3.05) is 12.3 Å². The van der Waals surface area contributed by atoms with E-state index >= 15 is 0 Å². The van der Waals surface area contributed by atoms with Crippen LogP contribution in [0.2, 0.25) is 0 Å². The van der Waals surface area contributed by atoms with Crippen LogP contribution in [-0.2, 0) is 10.2 Å². The van der Waals surface area contributed by atoms with Crippen molar-refractivity contribution in [1.29, 1.82) is 0 Å². The lowest BCUT2D eigenvalue weighted by molar-refractivity contribution is 0.186. The van der Waals surface area contributed by atoms with E-state index in [1.165, 1.54) is 0 Å². The second kappa shape index (κ2) is 4.91. The van der Waals surface area contributed by atoms with E-state index in [2.05, 4.69) is 0 Å². The number of hydrogen-bond donors (Lipinski definition) is 0. The maximum absolute atomic E-state index is 12.2. The average Bonchev–Trinajstić information content (AvgIpc) is 1.82. The lowest BCUT2D eigenvalue weighted by atomic mass is 10.2. The van der Waals surface area contributed by atoms with Crippen molar-refractivity contribution >= 4 is 10.2 Å². The Morgan fingerprint density at radius 3 is 1.77 bits per heavy atom. The van der Waals surface area contributed by atoms with Crippen LogP contribution in [0, 0.1) is 0 Å². The van der Waals surface area contributed by atoms with E-state index in [1.54, 1.807) is 0 Å². The van der Waals surface area contributed by atoms with Gasteiger partial charge in [-0.15, -0.1) is 3.89 Å². The summed E-state index contributed by atoms with van der Waals surface area (Å²) in [6.45, 7) is 8.11. The Hall–Kier alpha value is -0.160. The van der Waals surface area contributed by atoms with Gasteiger partial charge >= 0.3 is 10.2 Å². The van der Waals surface area contributed by atoms with Crippen LogP contribution in [0.15, 0.2) is 0 Å². The molecule has 0 aliphatic carbocycles. The molecule has 0 saturated carbocycles. The fraction of sp³-hybridized carbons (Fsp3) is 1.00. The smallest absolute Gasteiger partial charge is 0.297 e. The van der Waals surface area contributed by atoms with Gasteiger partial charge in [0.15, 0.2) is 0 Å². The fourth-order valence-electron chi connectivity index (χ4n) is 1.33. The van der Waals surface area contributed by atoms with Crippen LogP contribution in [0.4, 0.5) is 3.89 Å². The number of halogens is 1. The van der Waals surface area contributed by atoms with Gasteiger partial charge < -0.3 is 0 Å². The molecule has 0 heterocycles. The summed E-state index contributed by atoms with van der Waals surface area (Å²) in [5.74, 6) is -0.413. The molecule has 0 spiro atoms. The molecule has 0 unspecified atom stereocenters. The predicted octanol–water partition coefficient (Wildman–Crippen LogP) is 1.40. The van der Waals surface area contributed by atoms with Crippen molar-refractivity contribution in [2.24, 2.45) is 0 Å². The molecule has 0 bridgehead atoms. The van der Waals surface area contributed by atoms with Gasteiger partial charge in [0.05, 0.1) is 5.75 Å². The summed E-state index contributed by atoms with van der Waals surface area (Å²) in [7, 11) is -4.33. The third-order valence-electron chi connectivity index (χ3n) is 1.92. The van der Waals surface area contributed by atoms with Crippen LogP contribution in [0.1, 0.15) is 27.7 Å². The predicted molar refractivity (Wildman–Crippen MR) is 51.9 cm³/mol. The number of rotatable bonds is 5. The van der Waals surface area contributed by atoms with E-state index in [0.29, 0.717) is 0 Å². The van der Waals surface area contributed by atoms with E-state index in [4.69, 9.17) is 0 Å². The van der Waals surface area contributed by atoms with E-state index in [9.17, 15) is 12.3 Å². The molecule has 80 valence electrons. The van der Waals surface area contributed by atoms with Gasteiger partial charge in [0.2, 0.25) is 0 Å². The number of nitrogens with zero attached hydrogens (tertiary/aromatic N) is 1. The highest BCUT2D eigenvalue weighted by Crippen LogP contribution is 2.05. The van der Waals surface area contributed by atoms with Crippen LogP contribution in [0.25, 0.3) is 0 Å². The summed E-state index contributed by atoms with van der Waals surface area (Å²) in [6, 6.07) is 0.475. The minimum absolute atomic E-state index is 0.238. The van der Waals surface area contributed by atoms with Gasteiger partial charge in [-0.25, -0.2) is 0 Å². The second-order valence-electron chi connectivity index (χ2n) is 3.67. The van der Waals surface area contributed by atoms with E-state index < -0.39 is 16.0 Å². The van der Waals surface area contributed by atoms with E-state index in [1.807, 2.05) is 32.6 Å². The molecular formula is C8H18FNO2S. The summed E-state index contributed by atoms with van der Waals surface area (Å²) in [5.41, 5.74) is 0. The van der Waals surface area contributed by atoms with Crippen molar-refractivity contribution in [2.45, 2.75) is 39.8 Å².